The summed E-state index contributed by atoms with van der Waals surface area (Å²) >= 11 is 0. The summed E-state index contributed by atoms with van der Waals surface area (Å²) < 4.78 is 0. The third kappa shape index (κ3) is 6.37. The van der Waals surface area contributed by atoms with E-state index in [-0.39, 0.29) is 24.4 Å². The summed E-state index contributed by atoms with van der Waals surface area (Å²) in [5, 5.41) is 5.86. The lowest BCUT2D eigenvalue weighted by Crippen LogP contribution is -2.48. The summed E-state index contributed by atoms with van der Waals surface area (Å²) in [6, 6.07) is -0.294. The minimum absolute atomic E-state index is 0.0470. The number of amides is 2. The number of hydrogen-bond donors (Lipinski definition) is 2. The lowest BCUT2D eigenvalue weighted by atomic mass is 10.2. The van der Waals surface area contributed by atoms with Crippen LogP contribution in [0.4, 0.5) is 0 Å². The van der Waals surface area contributed by atoms with Crippen LogP contribution in [0.5, 0.6) is 0 Å². The molecule has 1 fully saturated rings. The Hall–Kier alpha value is -1.10. The van der Waals surface area contributed by atoms with Gasteiger partial charge in [-0.05, 0) is 25.7 Å². The molecule has 0 aromatic heterocycles. The first-order valence-corrected chi connectivity index (χ1v) is 7.79. The monoisotopic (exact) mass is 283 g/mol. The first kappa shape index (κ1) is 17.0. The Bertz CT molecular complexity index is 310. The molecule has 1 saturated heterocycles. The van der Waals surface area contributed by atoms with E-state index in [1.807, 2.05) is 11.8 Å². The van der Waals surface area contributed by atoms with Gasteiger partial charge < -0.3 is 10.2 Å². The van der Waals surface area contributed by atoms with E-state index in [9.17, 15) is 9.59 Å². The number of carbonyl (C=O) groups excluding carboxylic acids is 2. The summed E-state index contributed by atoms with van der Waals surface area (Å²) in [6.45, 7) is 8.53. The molecule has 0 aliphatic carbocycles. The Labute approximate surface area is 122 Å². The van der Waals surface area contributed by atoms with E-state index in [4.69, 9.17) is 0 Å². The van der Waals surface area contributed by atoms with Crippen molar-refractivity contribution < 1.29 is 9.59 Å². The van der Waals surface area contributed by atoms with Crippen molar-refractivity contribution in [1.29, 1.82) is 0 Å². The zero-order valence-electron chi connectivity index (χ0n) is 13.1. The molecule has 0 aromatic carbocycles. The second kappa shape index (κ2) is 8.95. The number of carbonyl (C=O) groups is 2. The molecule has 0 bridgehead atoms. The second-order valence-corrected chi connectivity index (χ2v) is 6.04. The van der Waals surface area contributed by atoms with Gasteiger partial charge in [-0.1, -0.05) is 26.7 Å². The van der Waals surface area contributed by atoms with Crippen molar-refractivity contribution in [1.82, 2.24) is 15.5 Å². The topological polar surface area (TPSA) is 61.4 Å². The maximum Gasteiger partial charge on any atom is 0.239 e. The van der Waals surface area contributed by atoms with Crippen LogP contribution in [0.2, 0.25) is 0 Å². The largest absolute Gasteiger partial charge is 0.355 e. The molecule has 0 radical (unpaired) electrons. The zero-order chi connectivity index (χ0) is 15.0. The maximum absolute atomic E-state index is 12.3. The molecule has 0 spiro atoms. The van der Waals surface area contributed by atoms with E-state index in [2.05, 4.69) is 24.5 Å². The Balaban J connectivity index is 2.28. The SMILES string of the molecule is CC(C)CNC(=O)CNC(C)C(=O)N1CCCCCC1. The first-order valence-electron chi connectivity index (χ1n) is 7.79. The van der Waals surface area contributed by atoms with Gasteiger partial charge in [0.15, 0.2) is 0 Å². The molecule has 5 nitrogen and oxygen atoms in total. The lowest BCUT2D eigenvalue weighted by Gasteiger charge is -2.24. The Morgan fingerprint density at radius 1 is 1.05 bits per heavy atom. The van der Waals surface area contributed by atoms with Crippen molar-refractivity contribution in [2.45, 2.75) is 52.5 Å². The van der Waals surface area contributed by atoms with Gasteiger partial charge in [-0.15, -0.1) is 0 Å². The molecule has 1 unspecified atom stereocenters. The van der Waals surface area contributed by atoms with Crippen LogP contribution in [0.25, 0.3) is 0 Å². The molecule has 1 heterocycles. The fourth-order valence-corrected chi connectivity index (χ4v) is 2.28. The highest BCUT2D eigenvalue weighted by Crippen LogP contribution is 2.10. The summed E-state index contributed by atoms with van der Waals surface area (Å²) in [4.78, 5) is 25.8. The van der Waals surface area contributed by atoms with Crippen molar-refractivity contribution in [3.8, 4) is 0 Å². The van der Waals surface area contributed by atoms with Gasteiger partial charge in [0, 0.05) is 19.6 Å². The average molecular weight is 283 g/mol. The van der Waals surface area contributed by atoms with Crippen LogP contribution >= 0.6 is 0 Å². The molecule has 1 rings (SSSR count). The minimum atomic E-state index is -0.294. The predicted octanol–water partition coefficient (Wildman–Crippen LogP) is 1.14. The van der Waals surface area contributed by atoms with Crippen LogP contribution in [0.3, 0.4) is 0 Å². The van der Waals surface area contributed by atoms with Gasteiger partial charge in [0.1, 0.15) is 0 Å². The average Bonchev–Trinajstić information content (AvgIpc) is 2.70. The number of rotatable bonds is 6. The fourth-order valence-electron chi connectivity index (χ4n) is 2.28. The summed E-state index contributed by atoms with van der Waals surface area (Å²) in [7, 11) is 0. The number of likely N-dealkylation sites (tertiary alicyclic amines) is 1. The Morgan fingerprint density at radius 2 is 1.65 bits per heavy atom. The van der Waals surface area contributed by atoms with Crippen LogP contribution in [0, 0.1) is 5.92 Å². The Morgan fingerprint density at radius 3 is 2.20 bits per heavy atom. The van der Waals surface area contributed by atoms with E-state index in [0.29, 0.717) is 12.5 Å². The molecule has 116 valence electrons. The van der Waals surface area contributed by atoms with Crippen LogP contribution in [-0.2, 0) is 9.59 Å². The van der Waals surface area contributed by atoms with Crippen LogP contribution in [0.1, 0.15) is 46.5 Å². The highest BCUT2D eigenvalue weighted by Gasteiger charge is 2.21. The third-order valence-electron chi connectivity index (χ3n) is 3.56. The van der Waals surface area contributed by atoms with E-state index in [1.54, 1.807) is 0 Å². The van der Waals surface area contributed by atoms with Gasteiger partial charge >= 0.3 is 0 Å². The summed E-state index contributed by atoms with van der Waals surface area (Å²) in [5.74, 6) is 0.507. The van der Waals surface area contributed by atoms with Crippen molar-refractivity contribution >= 4 is 11.8 Å². The molecule has 1 aliphatic rings. The predicted molar refractivity (Wildman–Crippen MR) is 80.4 cm³/mol. The van der Waals surface area contributed by atoms with Crippen molar-refractivity contribution in [2.75, 3.05) is 26.2 Å². The maximum atomic E-state index is 12.3. The molecule has 5 heteroatoms. The quantitative estimate of drug-likeness (QED) is 0.768. The molecule has 2 amide bonds. The minimum Gasteiger partial charge on any atom is -0.355 e. The van der Waals surface area contributed by atoms with Gasteiger partial charge in [-0.3, -0.25) is 14.9 Å². The van der Waals surface area contributed by atoms with Gasteiger partial charge in [-0.25, -0.2) is 0 Å². The highest BCUT2D eigenvalue weighted by molar-refractivity contribution is 5.83. The third-order valence-corrected chi connectivity index (χ3v) is 3.56. The molecule has 2 N–H and O–H groups in total. The lowest BCUT2D eigenvalue weighted by molar-refractivity contribution is -0.133. The standard InChI is InChI=1S/C15H29N3O2/c1-12(2)10-17-14(19)11-16-13(3)15(20)18-8-6-4-5-7-9-18/h12-13,16H,4-11H2,1-3H3,(H,17,19). The molecule has 20 heavy (non-hydrogen) atoms. The summed E-state index contributed by atoms with van der Waals surface area (Å²) in [6.07, 6.45) is 4.60. The van der Waals surface area contributed by atoms with Crippen molar-refractivity contribution in [3.63, 3.8) is 0 Å². The van der Waals surface area contributed by atoms with Crippen molar-refractivity contribution in [2.24, 2.45) is 5.92 Å². The molecule has 1 aliphatic heterocycles. The van der Waals surface area contributed by atoms with Crippen molar-refractivity contribution in [3.05, 3.63) is 0 Å². The van der Waals surface area contributed by atoms with Gasteiger partial charge in [0.2, 0.25) is 11.8 Å². The normalized spacial score (nSPS) is 17.7. The van der Waals surface area contributed by atoms with Crippen LogP contribution < -0.4 is 10.6 Å². The fraction of sp³-hybridized carbons (Fsp3) is 0.867. The van der Waals surface area contributed by atoms with Crippen LogP contribution in [-0.4, -0.2) is 48.9 Å². The zero-order valence-corrected chi connectivity index (χ0v) is 13.1. The van der Waals surface area contributed by atoms with E-state index in [1.165, 1.54) is 12.8 Å². The van der Waals surface area contributed by atoms with Gasteiger partial charge in [0.25, 0.3) is 0 Å². The molecule has 0 aromatic rings. The van der Waals surface area contributed by atoms with E-state index in [0.717, 1.165) is 25.9 Å². The number of nitrogens with one attached hydrogen (secondary N) is 2. The second-order valence-electron chi connectivity index (χ2n) is 6.04. The molecular formula is C15H29N3O2. The first-order chi connectivity index (χ1) is 9.50. The number of hydrogen-bond acceptors (Lipinski definition) is 3. The van der Waals surface area contributed by atoms with Gasteiger partial charge in [0.05, 0.1) is 12.6 Å². The molecule has 1 atom stereocenters. The Kier molecular flexibility index (Phi) is 7.59. The summed E-state index contributed by atoms with van der Waals surface area (Å²) in [5.41, 5.74) is 0. The van der Waals surface area contributed by atoms with Crippen LogP contribution in [0.15, 0.2) is 0 Å². The molecular weight excluding hydrogens is 254 g/mol. The smallest absolute Gasteiger partial charge is 0.239 e. The van der Waals surface area contributed by atoms with E-state index >= 15 is 0 Å². The van der Waals surface area contributed by atoms with E-state index < -0.39 is 0 Å². The highest BCUT2D eigenvalue weighted by atomic mass is 16.2. The molecule has 0 saturated carbocycles. The number of nitrogens with zero attached hydrogens (tertiary/aromatic N) is 1. The van der Waals surface area contributed by atoms with Gasteiger partial charge in [-0.2, -0.15) is 0 Å².